The third kappa shape index (κ3) is 2.66. The average molecular weight is 419 g/mol. The Hall–Kier alpha value is -2.61. The first kappa shape index (κ1) is 17.8. The van der Waals surface area contributed by atoms with Crippen molar-refractivity contribution in [1.82, 2.24) is 14.9 Å². The number of ether oxygens (including phenoxy) is 1. The molecular weight excluding hydrogens is 411 g/mol. The second-order valence-corrected chi connectivity index (χ2v) is 7.30. The number of hydrogen-bond donors (Lipinski definition) is 1. The molecule has 142 valence electrons. The fraction of sp³-hybridized carbons (Fsp3) is 0.231. The number of thioether (sulfide) groups is 2. The number of nitro groups is 1. The lowest BCUT2D eigenvalue weighted by molar-refractivity contribution is -0.386. The molecule has 3 heterocycles. The number of halogens is 3. The zero-order valence-electron chi connectivity index (χ0n) is 13.2. The van der Waals surface area contributed by atoms with Gasteiger partial charge in [0.15, 0.2) is 5.75 Å². The zero-order valence-corrected chi connectivity index (χ0v) is 14.8. The van der Waals surface area contributed by atoms with Gasteiger partial charge in [-0.05, 0) is 23.4 Å². The average Bonchev–Trinajstić information content (AvgIpc) is 3.24. The highest BCUT2D eigenvalue weighted by molar-refractivity contribution is 8.07. The number of rotatable bonds is 3. The normalized spacial score (nSPS) is 18.3. The van der Waals surface area contributed by atoms with Crippen molar-refractivity contribution < 1.29 is 27.9 Å². The number of nitrogens with zero attached hydrogens (tertiary/aromatic N) is 5. The number of nitro benzene ring substituents is 1. The Kier molecular flexibility index (Phi) is 3.92. The maximum Gasteiger partial charge on any atom is 0.453 e. The predicted octanol–water partition coefficient (Wildman–Crippen LogP) is 3.21. The van der Waals surface area contributed by atoms with Crippen LogP contribution in [-0.2, 0) is 6.18 Å². The van der Waals surface area contributed by atoms with Crippen molar-refractivity contribution in [2.75, 3.05) is 12.1 Å². The zero-order chi connectivity index (χ0) is 19.5. The van der Waals surface area contributed by atoms with Crippen molar-refractivity contribution >= 4 is 29.2 Å². The monoisotopic (exact) mass is 419 g/mol. The summed E-state index contributed by atoms with van der Waals surface area (Å²) < 4.78 is 45.6. The first-order chi connectivity index (χ1) is 12.7. The minimum absolute atomic E-state index is 0.0409. The van der Waals surface area contributed by atoms with Crippen LogP contribution in [0.1, 0.15) is 16.8 Å². The van der Waals surface area contributed by atoms with Crippen LogP contribution >= 0.6 is 23.5 Å². The topological polar surface area (TPSA) is 107 Å². The molecule has 9 nitrogen and oxygen atoms in total. The second kappa shape index (κ2) is 5.95. The molecule has 0 bridgehead atoms. The van der Waals surface area contributed by atoms with Crippen LogP contribution in [-0.4, -0.2) is 32.0 Å². The highest BCUT2D eigenvalue weighted by Crippen LogP contribution is 2.53. The van der Waals surface area contributed by atoms with E-state index in [0.29, 0.717) is 5.03 Å². The highest BCUT2D eigenvalue weighted by atomic mass is 32.2. The number of methoxy groups -OCH3 is 1. The first-order valence-corrected chi connectivity index (χ1v) is 8.89. The van der Waals surface area contributed by atoms with Crippen LogP contribution in [0.2, 0.25) is 0 Å². The van der Waals surface area contributed by atoms with Gasteiger partial charge in [-0.25, -0.2) is 4.68 Å². The summed E-state index contributed by atoms with van der Waals surface area (Å²) in [6.45, 7) is 0. The molecule has 2 aliphatic rings. The van der Waals surface area contributed by atoms with E-state index < -0.39 is 33.7 Å². The fourth-order valence-corrected chi connectivity index (χ4v) is 4.89. The molecule has 0 saturated carbocycles. The van der Waals surface area contributed by atoms with Gasteiger partial charge in [0.25, 0.3) is 5.82 Å². The molecule has 1 N–H and O–H groups in total. The van der Waals surface area contributed by atoms with Crippen molar-refractivity contribution in [3.63, 3.8) is 0 Å². The first-order valence-electron chi connectivity index (χ1n) is 7.13. The second-order valence-electron chi connectivity index (χ2n) is 5.35. The summed E-state index contributed by atoms with van der Waals surface area (Å²) in [5.41, 5.74) is -0.326. The van der Waals surface area contributed by atoms with Crippen LogP contribution in [0.3, 0.4) is 0 Å². The molecule has 1 unspecified atom stereocenters. The van der Waals surface area contributed by atoms with E-state index in [2.05, 4.69) is 10.2 Å². The van der Waals surface area contributed by atoms with Gasteiger partial charge in [0, 0.05) is 11.5 Å². The van der Waals surface area contributed by atoms with Gasteiger partial charge in [0.2, 0.25) is 10.9 Å². The molecule has 14 heteroatoms. The minimum Gasteiger partial charge on any atom is -0.500 e. The number of fused-ring (bicyclic) bond motifs is 3. The maximum absolute atomic E-state index is 13.3. The van der Waals surface area contributed by atoms with Crippen LogP contribution in [0.4, 0.5) is 18.9 Å². The summed E-state index contributed by atoms with van der Waals surface area (Å²) in [6.07, 6.45) is -4.72. The third-order valence-electron chi connectivity index (χ3n) is 3.80. The van der Waals surface area contributed by atoms with Gasteiger partial charge in [-0.15, -0.1) is 10.2 Å². The van der Waals surface area contributed by atoms with Crippen molar-refractivity contribution in [2.45, 2.75) is 16.7 Å². The van der Waals surface area contributed by atoms with E-state index in [1.54, 1.807) is 5.41 Å². The number of alkyl halides is 3. The van der Waals surface area contributed by atoms with Gasteiger partial charge in [0.05, 0.1) is 12.0 Å². The van der Waals surface area contributed by atoms with Gasteiger partial charge in [-0.2, -0.15) is 13.2 Å². The lowest BCUT2D eigenvalue weighted by Gasteiger charge is -2.26. The number of hydrogen-bond acceptors (Lipinski definition) is 9. The van der Waals surface area contributed by atoms with Crippen molar-refractivity contribution in [1.29, 1.82) is 0 Å². The molecule has 0 amide bonds. The standard InChI is InChI=1S/C13H8F3N5O4S2/c1-25-7-3-5(2-6(9(7)22)21(23)24)10-19-8(4-26-10)27-12-18-17-11(20(12)19)13(14,15)16/h2-4,10,22H,1H3. The molecule has 2 aliphatic heterocycles. The maximum atomic E-state index is 13.3. The Balaban J connectivity index is 1.83. The van der Waals surface area contributed by atoms with Crippen molar-refractivity contribution in [3.05, 3.63) is 44.1 Å². The summed E-state index contributed by atoms with van der Waals surface area (Å²) in [5.74, 6) is -2.00. The Morgan fingerprint density at radius 1 is 1.37 bits per heavy atom. The van der Waals surface area contributed by atoms with Crippen molar-refractivity contribution in [2.24, 2.45) is 0 Å². The summed E-state index contributed by atoms with van der Waals surface area (Å²) in [4.78, 5) is 10.4. The van der Waals surface area contributed by atoms with E-state index in [1.807, 2.05) is 0 Å². The number of aromatic hydroxyl groups is 1. The van der Waals surface area contributed by atoms with Crippen LogP contribution in [0, 0.1) is 10.1 Å². The van der Waals surface area contributed by atoms with Crippen LogP contribution in [0.15, 0.2) is 27.7 Å². The van der Waals surface area contributed by atoms with E-state index in [0.717, 1.165) is 34.3 Å². The SMILES string of the molecule is COc1cc(C2SC=C3Sc4nnc(C(F)(F)F)n4N32)cc([N+](=O)[O-])c1O. The molecular formula is C13H8F3N5O4S2. The molecule has 0 spiro atoms. The Labute approximate surface area is 156 Å². The van der Waals surface area contributed by atoms with Crippen LogP contribution in [0.25, 0.3) is 0 Å². The lowest BCUT2D eigenvalue weighted by atomic mass is 10.1. The summed E-state index contributed by atoms with van der Waals surface area (Å²) in [6, 6.07) is 2.45. The van der Waals surface area contributed by atoms with Gasteiger partial charge in [-0.1, -0.05) is 11.8 Å². The largest absolute Gasteiger partial charge is 0.500 e. The Morgan fingerprint density at radius 2 is 2.11 bits per heavy atom. The molecule has 0 aliphatic carbocycles. The van der Waals surface area contributed by atoms with E-state index in [9.17, 15) is 28.4 Å². The molecule has 1 aromatic carbocycles. The quantitative estimate of drug-likeness (QED) is 0.593. The van der Waals surface area contributed by atoms with E-state index >= 15 is 0 Å². The van der Waals surface area contributed by atoms with Crippen molar-refractivity contribution in [3.8, 4) is 11.5 Å². The third-order valence-corrected chi connectivity index (χ3v) is 5.99. The van der Waals surface area contributed by atoms with Gasteiger partial charge in [-0.3, -0.25) is 15.1 Å². The number of benzene rings is 1. The minimum atomic E-state index is -4.72. The van der Waals surface area contributed by atoms with E-state index in [4.69, 9.17) is 4.74 Å². The van der Waals surface area contributed by atoms with Gasteiger partial charge < -0.3 is 9.84 Å². The van der Waals surface area contributed by atoms with Gasteiger partial charge >= 0.3 is 11.9 Å². The summed E-state index contributed by atoms with van der Waals surface area (Å²) >= 11 is 2.17. The molecule has 0 radical (unpaired) electrons. The summed E-state index contributed by atoms with van der Waals surface area (Å²) in [5, 5.41) is 30.6. The fourth-order valence-electron chi connectivity index (χ4n) is 2.69. The Morgan fingerprint density at radius 3 is 2.74 bits per heavy atom. The van der Waals surface area contributed by atoms with Crippen LogP contribution in [0.5, 0.6) is 11.5 Å². The molecule has 2 aromatic rings. The number of phenols is 1. The van der Waals surface area contributed by atoms with E-state index in [1.165, 1.54) is 18.2 Å². The highest BCUT2D eigenvalue weighted by Gasteiger charge is 2.47. The molecule has 1 aromatic heterocycles. The smallest absolute Gasteiger partial charge is 0.453 e. The molecule has 27 heavy (non-hydrogen) atoms. The number of phenolic OH excluding ortho intramolecular Hbond substituents is 1. The number of aromatic nitrogens is 3. The molecule has 0 fully saturated rings. The predicted molar refractivity (Wildman–Crippen MR) is 88.8 cm³/mol. The lowest BCUT2D eigenvalue weighted by Crippen LogP contribution is -2.33. The molecule has 0 saturated heterocycles. The Bertz CT molecular complexity index is 993. The van der Waals surface area contributed by atoms with Crippen LogP contribution < -0.4 is 9.75 Å². The molecule has 4 rings (SSSR count). The van der Waals surface area contributed by atoms with E-state index in [-0.39, 0.29) is 16.5 Å². The van der Waals surface area contributed by atoms with Gasteiger partial charge in [0.1, 0.15) is 10.4 Å². The summed E-state index contributed by atoms with van der Waals surface area (Å²) in [7, 11) is 1.22. The molecule has 1 atom stereocenters.